The van der Waals surface area contributed by atoms with Gasteiger partial charge < -0.3 is 15.1 Å². The van der Waals surface area contributed by atoms with Gasteiger partial charge in [-0.1, -0.05) is 13.0 Å². The highest BCUT2D eigenvalue weighted by molar-refractivity contribution is 9.10. The van der Waals surface area contributed by atoms with Gasteiger partial charge in [0.1, 0.15) is 5.75 Å². The Morgan fingerprint density at radius 1 is 1.41 bits per heavy atom. The van der Waals surface area contributed by atoms with Crippen LogP contribution in [0, 0.1) is 5.92 Å². The van der Waals surface area contributed by atoms with Gasteiger partial charge in [-0.25, -0.2) is 0 Å². The standard InChI is InChI=1S/C17H24BrN3O/c1-3-8-21-9-7-15-13(11-21)17(20-19-15)12-5-6-16(22-4-2)14(18)10-12/h5-6,10,13,17,20H,3-4,7-9,11H2,1-2H3. The lowest BCUT2D eigenvalue weighted by Gasteiger charge is -2.33. The number of benzene rings is 1. The Morgan fingerprint density at radius 2 is 2.27 bits per heavy atom. The van der Waals surface area contributed by atoms with Crippen molar-refractivity contribution in [3.63, 3.8) is 0 Å². The van der Waals surface area contributed by atoms with Crippen molar-refractivity contribution >= 4 is 21.6 Å². The Morgan fingerprint density at radius 3 is 3.00 bits per heavy atom. The maximum absolute atomic E-state index is 5.61. The topological polar surface area (TPSA) is 36.9 Å². The molecule has 1 saturated heterocycles. The number of hydrogen-bond acceptors (Lipinski definition) is 4. The quantitative estimate of drug-likeness (QED) is 0.866. The first kappa shape index (κ1) is 15.8. The average molecular weight is 366 g/mol. The van der Waals surface area contributed by atoms with Gasteiger partial charge in [-0.2, -0.15) is 5.10 Å². The van der Waals surface area contributed by atoms with Crippen LogP contribution in [0.1, 0.15) is 38.3 Å². The minimum atomic E-state index is 0.279. The molecule has 0 radical (unpaired) electrons. The Bertz CT molecular complexity index is 561. The Labute approximate surface area is 141 Å². The Balaban J connectivity index is 1.76. The number of likely N-dealkylation sites (tertiary alicyclic amines) is 1. The second-order valence-electron chi connectivity index (χ2n) is 5.99. The predicted octanol–water partition coefficient (Wildman–Crippen LogP) is 3.58. The molecule has 0 amide bonds. The van der Waals surface area contributed by atoms with E-state index >= 15 is 0 Å². The minimum absolute atomic E-state index is 0.279. The van der Waals surface area contributed by atoms with E-state index in [1.807, 2.05) is 6.92 Å². The zero-order chi connectivity index (χ0) is 15.5. The highest BCUT2D eigenvalue weighted by Crippen LogP contribution is 2.35. The van der Waals surface area contributed by atoms with E-state index in [9.17, 15) is 0 Å². The van der Waals surface area contributed by atoms with Crippen LogP contribution in [-0.4, -0.2) is 36.9 Å². The number of piperidine rings is 1. The summed E-state index contributed by atoms with van der Waals surface area (Å²) < 4.78 is 6.62. The van der Waals surface area contributed by atoms with E-state index in [0.29, 0.717) is 12.5 Å². The van der Waals surface area contributed by atoms with Gasteiger partial charge in [0, 0.05) is 31.1 Å². The summed E-state index contributed by atoms with van der Waals surface area (Å²) in [4.78, 5) is 2.56. The van der Waals surface area contributed by atoms with Crippen LogP contribution < -0.4 is 10.2 Å². The first-order chi connectivity index (χ1) is 10.7. The predicted molar refractivity (Wildman–Crippen MR) is 93.5 cm³/mol. The zero-order valence-electron chi connectivity index (χ0n) is 13.3. The van der Waals surface area contributed by atoms with Crippen molar-refractivity contribution in [3.8, 4) is 5.75 Å². The molecule has 22 heavy (non-hydrogen) atoms. The summed E-state index contributed by atoms with van der Waals surface area (Å²) in [6.07, 6.45) is 2.30. The third kappa shape index (κ3) is 3.15. The normalized spacial score (nSPS) is 24.6. The van der Waals surface area contributed by atoms with Crippen LogP contribution in [0.3, 0.4) is 0 Å². The largest absolute Gasteiger partial charge is 0.493 e. The van der Waals surface area contributed by atoms with E-state index in [2.05, 4.69) is 56.5 Å². The molecule has 0 aliphatic carbocycles. The van der Waals surface area contributed by atoms with Crippen molar-refractivity contribution in [2.75, 3.05) is 26.2 Å². The lowest BCUT2D eigenvalue weighted by Crippen LogP contribution is -2.42. The highest BCUT2D eigenvalue weighted by Gasteiger charge is 2.36. The van der Waals surface area contributed by atoms with Crippen molar-refractivity contribution in [1.82, 2.24) is 10.3 Å². The number of fused-ring (bicyclic) bond motifs is 1. The molecule has 0 bridgehead atoms. The third-order valence-corrected chi connectivity index (χ3v) is 5.09. The monoisotopic (exact) mass is 365 g/mol. The molecule has 2 aliphatic rings. The number of halogens is 1. The second-order valence-corrected chi connectivity index (χ2v) is 6.84. The molecule has 0 spiro atoms. The van der Waals surface area contributed by atoms with Gasteiger partial charge in [-0.05, 0) is 53.5 Å². The molecule has 1 aromatic carbocycles. The summed E-state index contributed by atoms with van der Waals surface area (Å²) in [6.45, 7) is 8.37. The van der Waals surface area contributed by atoms with Gasteiger partial charge in [-0.15, -0.1) is 0 Å². The van der Waals surface area contributed by atoms with Crippen LogP contribution in [-0.2, 0) is 0 Å². The van der Waals surface area contributed by atoms with E-state index in [-0.39, 0.29) is 6.04 Å². The van der Waals surface area contributed by atoms with E-state index < -0.39 is 0 Å². The summed E-state index contributed by atoms with van der Waals surface area (Å²) in [5.41, 5.74) is 5.97. The molecule has 2 unspecified atom stereocenters. The smallest absolute Gasteiger partial charge is 0.133 e. The average Bonchev–Trinajstić information content (AvgIpc) is 2.93. The summed E-state index contributed by atoms with van der Waals surface area (Å²) in [6, 6.07) is 6.65. The van der Waals surface area contributed by atoms with Gasteiger partial charge in [0.2, 0.25) is 0 Å². The molecule has 5 heteroatoms. The van der Waals surface area contributed by atoms with Crippen molar-refractivity contribution in [1.29, 1.82) is 0 Å². The first-order valence-electron chi connectivity index (χ1n) is 8.19. The number of hydrazone groups is 1. The van der Waals surface area contributed by atoms with E-state index in [4.69, 9.17) is 4.74 Å². The van der Waals surface area contributed by atoms with Crippen LogP contribution in [0.2, 0.25) is 0 Å². The lowest BCUT2D eigenvalue weighted by molar-refractivity contribution is 0.228. The summed E-state index contributed by atoms with van der Waals surface area (Å²) in [5, 5.41) is 4.59. The SMILES string of the molecule is CCCN1CCC2=NNC(c3ccc(OCC)c(Br)c3)C2C1. The van der Waals surface area contributed by atoms with Crippen molar-refractivity contribution in [3.05, 3.63) is 28.2 Å². The lowest BCUT2D eigenvalue weighted by atomic mass is 9.86. The fraction of sp³-hybridized carbons (Fsp3) is 0.588. The summed E-state index contributed by atoms with van der Waals surface area (Å²) in [7, 11) is 0. The van der Waals surface area contributed by atoms with E-state index in [1.54, 1.807) is 0 Å². The number of nitrogens with one attached hydrogen (secondary N) is 1. The number of ether oxygens (including phenoxy) is 1. The molecule has 0 aromatic heterocycles. The summed E-state index contributed by atoms with van der Waals surface area (Å²) in [5.74, 6) is 1.40. The van der Waals surface area contributed by atoms with Crippen molar-refractivity contribution in [2.24, 2.45) is 11.0 Å². The third-order valence-electron chi connectivity index (χ3n) is 4.47. The minimum Gasteiger partial charge on any atom is -0.493 e. The van der Waals surface area contributed by atoms with Gasteiger partial charge in [0.25, 0.3) is 0 Å². The van der Waals surface area contributed by atoms with Crippen molar-refractivity contribution < 1.29 is 4.74 Å². The molecule has 4 nitrogen and oxygen atoms in total. The van der Waals surface area contributed by atoms with Gasteiger partial charge >= 0.3 is 0 Å². The van der Waals surface area contributed by atoms with Gasteiger partial charge in [0.15, 0.2) is 0 Å². The maximum Gasteiger partial charge on any atom is 0.133 e. The first-order valence-corrected chi connectivity index (χ1v) is 8.98. The second kappa shape index (κ2) is 7.01. The van der Waals surface area contributed by atoms with Gasteiger partial charge in [-0.3, -0.25) is 0 Å². The Kier molecular flexibility index (Phi) is 5.03. The molecule has 2 atom stereocenters. The highest BCUT2D eigenvalue weighted by atomic mass is 79.9. The molecule has 120 valence electrons. The van der Waals surface area contributed by atoms with Crippen LogP contribution >= 0.6 is 15.9 Å². The van der Waals surface area contributed by atoms with Crippen LogP contribution in [0.5, 0.6) is 5.75 Å². The zero-order valence-corrected chi connectivity index (χ0v) is 14.9. The van der Waals surface area contributed by atoms with Crippen LogP contribution in [0.25, 0.3) is 0 Å². The molecule has 3 rings (SSSR count). The van der Waals surface area contributed by atoms with Crippen molar-refractivity contribution in [2.45, 2.75) is 32.7 Å². The fourth-order valence-corrected chi connectivity index (χ4v) is 3.93. The molecule has 2 aliphatic heterocycles. The maximum atomic E-state index is 5.61. The molecule has 0 saturated carbocycles. The van der Waals surface area contributed by atoms with Crippen LogP contribution in [0.15, 0.2) is 27.8 Å². The number of rotatable bonds is 5. The van der Waals surface area contributed by atoms with Gasteiger partial charge in [0.05, 0.1) is 17.1 Å². The number of nitrogens with zero attached hydrogens (tertiary/aromatic N) is 2. The van der Waals surface area contributed by atoms with E-state index in [0.717, 1.165) is 29.7 Å². The molecular weight excluding hydrogens is 342 g/mol. The number of hydrogen-bond donors (Lipinski definition) is 1. The van der Waals surface area contributed by atoms with E-state index in [1.165, 1.54) is 24.2 Å². The molecule has 2 heterocycles. The van der Waals surface area contributed by atoms with Crippen LogP contribution in [0.4, 0.5) is 0 Å². The fourth-order valence-electron chi connectivity index (χ4n) is 3.42. The summed E-state index contributed by atoms with van der Waals surface area (Å²) >= 11 is 3.62. The molecule has 1 N–H and O–H groups in total. The molecule has 1 fully saturated rings. The molecular formula is C17H24BrN3O. The Hall–Kier alpha value is -1.07. The molecule has 1 aromatic rings.